The first-order valence-electron chi connectivity index (χ1n) is 20.2. The molecule has 0 fully saturated rings. The van der Waals surface area contributed by atoms with Gasteiger partial charge in [-0.3, -0.25) is 0 Å². The molecule has 2 heterocycles. The van der Waals surface area contributed by atoms with Crippen molar-refractivity contribution >= 4 is 59.8 Å². The van der Waals surface area contributed by atoms with Crippen molar-refractivity contribution in [2.24, 2.45) is 0 Å². The van der Waals surface area contributed by atoms with E-state index in [4.69, 9.17) is 19.4 Å². The monoisotopic (exact) mass is 743 g/mol. The molecule has 8 aromatic carbocycles. The Morgan fingerprint density at radius 2 is 1.21 bits per heavy atom. The van der Waals surface area contributed by atoms with Crippen molar-refractivity contribution in [3.63, 3.8) is 0 Å². The first-order valence-corrected chi connectivity index (χ1v) is 20.2. The minimum atomic E-state index is -0.139. The van der Waals surface area contributed by atoms with Gasteiger partial charge in [-0.25, -0.2) is 15.0 Å². The van der Waals surface area contributed by atoms with Crippen molar-refractivity contribution in [3.05, 3.63) is 181 Å². The first-order chi connectivity index (χ1) is 28.5. The third-order valence-electron chi connectivity index (χ3n) is 12.6. The van der Waals surface area contributed by atoms with Gasteiger partial charge in [0.2, 0.25) is 0 Å². The molecule has 2 aliphatic rings. The SMILES string of the molecule is CC1(C)c2ccccc2-c2c(-c3nc(C4=CC=CCC4)nc(-c4cccc5oc6ccc(-c7cc8c9ccccc9ccc8c8ccccc78)cc6c45)n3)cccc21. The highest BCUT2D eigenvalue weighted by atomic mass is 16.3. The number of hydrogen-bond donors (Lipinski definition) is 0. The number of hydrogen-bond acceptors (Lipinski definition) is 4. The van der Waals surface area contributed by atoms with Gasteiger partial charge in [0.1, 0.15) is 11.2 Å². The number of allylic oxidation sites excluding steroid dienone is 4. The van der Waals surface area contributed by atoms with Crippen molar-refractivity contribution in [1.29, 1.82) is 0 Å². The standard InChI is InChI=1S/C54H37N3O/c1-54(2)45-23-11-10-20-39(45)49-40(21-12-24-46(49)54)52-55-51(33-15-4-3-5-16-33)56-53(57-52)41-22-13-25-48-50(41)44-30-34(27-29-47(44)58-48)42-31-43-35-17-7-6-14-32(35)26-28-38(43)36-18-8-9-19-37(36)42/h3-4,6-15,17-31H,5,16H2,1-2H3. The Bertz CT molecular complexity index is 3440. The van der Waals surface area contributed by atoms with E-state index in [1.165, 1.54) is 60.1 Å². The smallest absolute Gasteiger partial charge is 0.164 e. The zero-order valence-corrected chi connectivity index (χ0v) is 32.3. The third kappa shape index (κ3) is 4.85. The summed E-state index contributed by atoms with van der Waals surface area (Å²) in [6.45, 7) is 4.62. The van der Waals surface area contributed by atoms with Crippen LogP contribution in [0.25, 0.3) is 105 Å². The van der Waals surface area contributed by atoms with E-state index in [1.807, 2.05) is 6.07 Å². The van der Waals surface area contributed by atoms with E-state index in [2.05, 4.69) is 172 Å². The van der Waals surface area contributed by atoms with Crippen LogP contribution < -0.4 is 0 Å². The van der Waals surface area contributed by atoms with Gasteiger partial charge >= 0.3 is 0 Å². The highest BCUT2D eigenvalue weighted by Crippen LogP contribution is 2.52. The molecule has 0 amide bonds. The van der Waals surface area contributed by atoms with E-state index in [9.17, 15) is 0 Å². The van der Waals surface area contributed by atoms with Crippen LogP contribution in [0.15, 0.2) is 168 Å². The van der Waals surface area contributed by atoms with Gasteiger partial charge in [0, 0.05) is 27.3 Å². The maximum Gasteiger partial charge on any atom is 0.164 e. The fourth-order valence-electron chi connectivity index (χ4n) is 9.77. The second-order valence-corrected chi connectivity index (χ2v) is 16.2. The fourth-order valence-corrected chi connectivity index (χ4v) is 9.77. The van der Waals surface area contributed by atoms with Crippen LogP contribution in [0.5, 0.6) is 0 Å². The van der Waals surface area contributed by atoms with E-state index >= 15 is 0 Å². The maximum absolute atomic E-state index is 6.61. The van der Waals surface area contributed by atoms with Crippen molar-refractivity contribution < 1.29 is 4.42 Å². The lowest BCUT2D eigenvalue weighted by atomic mass is 9.82. The number of fused-ring (bicyclic) bond motifs is 11. The predicted molar refractivity (Wildman–Crippen MR) is 240 cm³/mol. The topological polar surface area (TPSA) is 51.8 Å². The second-order valence-electron chi connectivity index (χ2n) is 16.2. The van der Waals surface area contributed by atoms with E-state index in [1.54, 1.807) is 0 Å². The fraction of sp³-hybridized carbons (Fsp3) is 0.0926. The van der Waals surface area contributed by atoms with Crippen molar-refractivity contribution in [2.75, 3.05) is 0 Å². The zero-order chi connectivity index (χ0) is 38.5. The molecule has 0 unspecified atom stereocenters. The molecule has 2 aromatic heterocycles. The van der Waals surface area contributed by atoms with Gasteiger partial charge in [-0.2, -0.15) is 0 Å². The van der Waals surface area contributed by atoms with E-state index in [0.717, 1.165) is 57.0 Å². The normalized spacial score (nSPS) is 14.4. The average molecular weight is 744 g/mol. The summed E-state index contributed by atoms with van der Waals surface area (Å²) in [5.74, 6) is 2.04. The summed E-state index contributed by atoms with van der Waals surface area (Å²) in [4.78, 5) is 15.9. The molecule has 0 saturated carbocycles. The van der Waals surface area contributed by atoms with Crippen LogP contribution in [0, 0.1) is 0 Å². The van der Waals surface area contributed by atoms with Crippen LogP contribution in [0.2, 0.25) is 0 Å². The Hall–Kier alpha value is -7.17. The predicted octanol–water partition coefficient (Wildman–Crippen LogP) is 14.3. The third-order valence-corrected chi connectivity index (χ3v) is 12.6. The summed E-state index contributed by atoms with van der Waals surface area (Å²) in [6.07, 6.45) is 8.30. The number of benzene rings is 8. The molecule has 12 rings (SSSR count). The molecule has 4 nitrogen and oxygen atoms in total. The van der Waals surface area contributed by atoms with Gasteiger partial charge < -0.3 is 4.42 Å². The molecule has 0 spiro atoms. The number of furan rings is 1. The van der Waals surface area contributed by atoms with Gasteiger partial charge in [0.05, 0.1) is 0 Å². The summed E-state index contributed by atoms with van der Waals surface area (Å²) < 4.78 is 6.61. The lowest BCUT2D eigenvalue weighted by Crippen LogP contribution is -2.14. The van der Waals surface area contributed by atoms with E-state index < -0.39 is 0 Å². The minimum absolute atomic E-state index is 0.139. The Balaban J connectivity index is 1.10. The summed E-state index contributed by atoms with van der Waals surface area (Å²) in [6, 6.07) is 52.5. The molecule has 0 atom stereocenters. The number of nitrogens with zero attached hydrogens (tertiary/aromatic N) is 3. The van der Waals surface area contributed by atoms with Crippen LogP contribution in [-0.4, -0.2) is 15.0 Å². The van der Waals surface area contributed by atoms with Gasteiger partial charge in [0.25, 0.3) is 0 Å². The summed E-state index contributed by atoms with van der Waals surface area (Å²) in [7, 11) is 0. The zero-order valence-electron chi connectivity index (χ0n) is 32.3. The van der Waals surface area contributed by atoms with Crippen LogP contribution >= 0.6 is 0 Å². The van der Waals surface area contributed by atoms with Gasteiger partial charge in [-0.1, -0.05) is 153 Å². The first kappa shape index (κ1) is 33.0. The lowest BCUT2D eigenvalue weighted by Gasteiger charge is -2.21. The number of aromatic nitrogens is 3. The quantitative estimate of drug-likeness (QED) is 0.168. The van der Waals surface area contributed by atoms with Crippen molar-refractivity contribution in [1.82, 2.24) is 15.0 Å². The van der Waals surface area contributed by atoms with Crippen LogP contribution in [-0.2, 0) is 5.41 Å². The highest BCUT2D eigenvalue weighted by Gasteiger charge is 2.37. The molecule has 0 N–H and O–H groups in total. The van der Waals surface area contributed by atoms with Crippen molar-refractivity contribution in [3.8, 4) is 45.0 Å². The number of rotatable bonds is 4. The second kappa shape index (κ2) is 12.4. The van der Waals surface area contributed by atoms with Crippen LogP contribution in [0.3, 0.4) is 0 Å². The molecule has 0 aliphatic heterocycles. The Kier molecular flexibility index (Phi) is 7.07. The minimum Gasteiger partial charge on any atom is -0.456 e. The lowest BCUT2D eigenvalue weighted by molar-refractivity contribution is 0.660. The largest absolute Gasteiger partial charge is 0.456 e. The molecular formula is C54H37N3O. The van der Waals surface area contributed by atoms with Gasteiger partial charge in [-0.05, 0) is 108 Å². The molecule has 274 valence electrons. The van der Waals surface area contributed by atoms with E-state index in [-0.39, 0.29) is 5.41 Å². The maximum atomic E-state index is 6.61. The molecule has 10 aromatic rings. The summed E-state index contributed by atoms with van der Waals surface area (Å²) >= 11 is 0. The summed E-state index contributed by atoms with van der Waals surface area (Å²) in [5, 5.41) is 9.50. The molecule has 2 aliphatic carbocycles. The highest BCUT2D eigenvalue weighted by molar-refractivity contribution is 6.21. The Labute approximate surface area is 335 Å². The molecule has 0 saturated heterocycles. The molecule has 4 heteroatoms. The van der Waals surface area contributed by atoms with E-state index in [0.29, 0.717) is 17.5 Å². The van der Waals surface area contributed by atoms with Crippen LogP contribution in [0.1, 0.15) is 43.6 Å². The molecular weight excluding hydrogens is 707 g/mol. The van der Waals surface area contributed by atoms with Gasteiger partial charge in [-0.15, -0.1) is 0 Å². The Morgan fingerprint density at radius 3 is 2.09 bits per heavy atom. The van der Waals surface area contributed by atoms with Gasteiger partial charge in [0.15, 0.2) is 17.5 Å². The van der Waals surface area contributed by atoms with Crippen LogP contribution in [0.4, 0.5) is 0 Å². The average Bonchev–Trinajstić information content (AvgIpc) is 3.77. The molecule has 0 bridgehead atoms. The molecule has 58 heavy (non-hydrogen) atoms. The Morgan fingerprint density at radius 1 is 0.500 bits per heavy atom. The summed E-state index contributed by atoms with van der Waals surface area (Å²) in [5.41, 5.74) is 11.9. The van der Waals surface area contributed by atoms with Crippen molar-refractivity contribution in [2.45, 2.75) is 32.1 Å². The molecule has 0 radical (unpaired) electrons.